The minimum atomic E-state index is -0.0655. The molecule has 2 aliphatic heterocycles. The summed E-state index contributed by atoms with van der Waals surface area (Å²) in [6.07, 6.45) is 3.99. The van der Waals surface area contributed by atoms with Crippen LogP contribution in [0.15, 0.2) is 35.3 Å². The fourth-order valence-electron chi connectivity index (χ4n) is 4.49. The molecule has 2 atom stereocenters. The van der Waals surface area contributed by atoms with Gasteiger partial charge in [-0.1, -0.05) is 30.3 Å². The largest absolute Gasteiger partial charge is 0.357 e. The molecule has 3 rings (SSSR count). The quantitative estimate of drug-likeness (QED) is 0.559. The van der Waals surface area contributed by atoms with Crippen molar-refractivity contribution in [3.05, 3.63) is 35.9 Å². The summed E-state index contributed by atoms with van der Waals surface area (Å²) in [6, 6.07) is 11.7. The Morgan fingerprint density at radius 3 is 2.57 bits per heavy atom. The summed E-state index contributed by atoms with van der Waals surface area (Å²) in [5.41, 5.74) is 1.25. The summed E-state index contributed by atoms with van der Waals surface area (Å²) < 4.78 is 0. The third kappa shape index (κ3) is 5.71. The summed E-state index contributed by atoms with van der Waals surface area (Å²) in [5.74, 6) is 1.08. The van der Waals surface area contributed by atoms with Gasteiger partial charge < -0.3 is 15.5 Å². The summed E-state index contributed by atoms with van der Waals surface area (Å²) in [6.45, 7) is 15.3. The van der Waals surface area contributed by atoms with Crippen molar-refractivity contribution in [2.45, 2.75) is 64.6 Å². The first-order valence-electron chi connectivity index (χ1n) is 11.1. The third-order valence-corrected chi connectivity index (χ3v) is 5.99. The standard InChI is InChI=1S/C23H39N5/c1-5-24-22(28-16-13-21(17-28)27-14-9-10-15-27)25-18-23(3,4)26-19(2)20-11-7-6-8-12-20/h6-8,11-12,19,21,26H,5,9-10,13-18H2,1-4H3,(H,24,25). The number of rotatable bonds is 7. The molecule has 2 heterocycles. The molecule has 0 saturated carbocycles. The zero-order valence-corrected chi connectivity index (χ0v) is 18.2. The van der Waals surface area contributed by atoms with Crippen LogP contribution < -0.4 is 10.6 Å². The van der Waals surface area contributed by atoms with E-state index in [0.717, 1.165) is 32.1 Å². The molecule has 0 bridgehead atoms. The van der Waals surface area contributed by atoms with Gasteiger partial charge in [-0.2, -0.15) is 0 Å². The molecule has 2 saturated heterocycles. The Morgan fingerprint density at radius 1 is 1.18 bits per heavy atom. The maximum absolute atomic E-state index is 5.03. The molecule has 156 valence electrons. The molecule has 1 aromatic carbocycles. The van der Waals surface area contributed by atoms with Crippen molar-refractivity contribution in [2.24, 2.45) is 4.99 Å². The molecule has 5 heteroatoms. The second-order valence-corrected chi connectivity index (χ2v) is 8.96. The average Bonchev–Trinajstić information content (AvgIpc) is 3.37. The van der Waals surface area contributed by atoms with Crippen LogP contribution in [-0.4, -0.2) is 66.6 Å². The number of hydrogen-bond donors (Lipinski definition) is 2. The lowest BCUT2D eigenvalue weighted by Crippen LogP contribution is -2.46. The summed E-state index contributed by atoms with van der Waals surface area (Å²) >= 11 is 0. The lowest BCUT2D eigenvalue weighted by molar-refractivity contribution is 0.249. The second-order valence-electron chi connectivity index (χ2n) is 8.96. The van der Waals surface area contributed by atoms with E-state index >= 15 is 0 Å². The van der Waals surface area contributed by atoms with E-state index < -0.39 is 0 Å². The SMILES string of the molecule is CCNC(=NCC(C)(C)NC(C)c1ccccc1)N1CCC(N2CCCC2)C1. The Morgan fingerprint density at radius 2 is 1.89 bits per heavy atom. The van der Waals surface area contributed by atoms with E-state index in [4.69, 9.17) is 4.99 Å². The molecular formula is C23H39N5. The minimum absolute atomic E-state index is 0.0655. The molecule has 0 spiro atoms. The highest BCUT2D eigenvalue weighted by atomic mass is 15.3. The Balaban J connectivity index is 1.58. The van der Waals surface area contributed by atoms with E-state index in [1.807, 2.05) is 0 Å². The van der Waals surface area contributed by atoms with Crippen LogP contribution in [-0.2, 0) is 0 Å². The van der Waals surface area contributed by atoms with Gasteiger partial charge in [-0.05, 0) is 65.6 Å². The smallest absolute Gasteiger partial charge is 0.194 e. The molecule has 5 nitrogen and oxygen atoms in total. The van der Waals surface area contributed by atoms with Crippen LogP contribution in [0.2, 0.25) is 0 Å². The molecule has 0 aliphatic carbocycles. The first-order valence-corrected chi connectivity index (χ1v) is 11.1. The van der Waals surface area contributed by atoms with Gasteiger partial charge in [0.2, 0.25) is 0 Å². The van der Waals surface area contributed by atoms with Crippen molar-refractivity contribution < 1.29 is 0 Å². The normalized spacial score (nSPS) is 22.6. The van der Waals surface area contributed by atoms with Crippen LogP contribution in [0.25, 0.3) is 0 Å². The van der Waals surface area contributed by atoms with E-state index in [9.17, 15) is 0 Å². The fraction of sp³-hybridized carbons (Fsp3) is 0.696. The first kappa shape index (κ1) is 21.1. The summed E-state index contributed by atoms with van der Waals surface area (Å²) in [5, 5.41) is 7.28. The minimum Gasteiger partial charge on any atom is -0.357 e. The van der Waals surface area contributed by atoms with Crippen molar-refractivity contribution in [2.75, 3.05) is 39.3 Å². The second kappa shape index (κ2) is 9.75. The Kier molecular flexibility index (Phi) is 7.36. The molecule has 2 fully saturated rings. The van der Waals surface area contributed by atoms with Crippen molar-refractivity contribution in [1.29, 1.82) is 0 Å². The van der Waals surface area contributed by atoms with E-state index in [0.29, 0.717) is 12.1 Å². The van der Waals surface area contributed by atoms with E-state index in [-0.39, 0.29) is 5.54 Å². The molecule has 28 heavy (non-hydrogen) atoms. The van der Waals surface area contributed by atoms with Crippen LogP contribution in [0, 0.1) is 0 Å². The van der Waals surface area contributed by atoms with E-state index in [1.165, 1.54) is 37.9 Å². The average molecular weight is 386 g/mol. The molecule has 0 aromatic heterocycles. The van der Waals surface area contributed by atoms with Crippen molar-refractivity contribution in [3.63, 3.8) is 0 Å². The topological polar surface area (TPSA) is 42.9 Å². The van der Waals surface area contributed by atoms with Crippen molar-refractivity contribution in [3.8, 4) is 0 Å². The molecule has 1 aromatic rings. The Labute approximate surface area is 171 Å². The van der Waals surface area contributed by atoms with Gasteiger partial charge in [0.05, 0.1) is 6.54 Å². The number of nitrogens with zero attached hydrogens (tertiary/aromatic N) is 3. The number of benzene rings is 1. The van der Waals surface area contributed by atoms with Crippen LogP contribution in [0.3, 0.4) is 0 Å². The molecule has 2 unspecified atom stereocenters. The number of guanidine groups is 1. The molecule has 2 aliphatic rings. The maximum Gasteiger partial charge on any atom is 0.194 e. The predicted molar refractivity (Wildman–Crippen MR) is 119 cm³/mol. The number of hydrogen-bond acceptors (Lipinski definition) is 3. The molecular weight excluding hydrogens is 346 g/mol. The highest BCUT2D eigenvalue weighted by molar-refractivity contribution is 5.80. The fourth-order valence-corrected chi connectivity index (χ4v) is 4.49. The predicted octanol–water partition coefficient (Wildman–Crippen LogP) is 3.25. The Bertz CT molecular complexity index is 621. The van der Waals surface area contributed by atoms with Gasteiger partial charge in [0.15, 0.2) is 5.96 Å². The molecule has 0 radical (unpaired) electrons. The highest BCUT2D eigenvalue weighted by Crippen LogP contribution is 2.21. The third-order valence-electron chi connectivity index (χ3n) is 5.99. The van der Waals surface area contributed by atoms with Crippen LogP contribution in [0.5, 0.6) is 0 Å². The van der Waals surface area contributed by atoms with E-state index in [1.54, 1.807) is 0 Å². The summed E-state index contributed by atoms with van der Waals surface area (Å²) in [7, 11) is 0. The molecule has 0 amide bonds. The van der Waals surface area contributed by atoms with Crippen molar-refractivity contribution >= 4 is 5.96 Å². The van der Waals surface area contributed by atoms with Gasteiger partial charge in [-0.15, -0.1) is 0 Å². The highest BCUT2D eigenvalue weighted by Gasteiger charge is 2.31. The monoisotopic (exact) mass is 385 g/mol. The van der Waals surface area contributed by atoms with Gasteiger partial charge >= 0.3 is 0 Å². The van der Waals surface area contributed by atoms with Gasteiger partial charge in [-0.3, -0.25) is 9.89 Å². The number of aliphatic imine (C=N–C) groups is 1. The maximum atomic E-state index is 5.03. The van der Waals surface area contributed by atoms with Crippen molar-refractivity contribution in [1.82, 2.24) is 20.4 Å². The van der Waals surface area contributed by atoms with Crippen LogP contribution in [0.1, 0.15) is 58.6 Å². The van der Waals surface area contributed by atoms with Crippen LogP contribution >= 0.6 is 0 Å². The lowest BCUT2D eigenvalue weighted by atomic mass is 10.0. The summed E-state index contributed by atoms with van der Waals surface area (Å²) in [4.78, 5) is 10.2. The Hall–Kier alpha value is -1.59. The lowest BCUT2D eigenvalue weighted by Gasteiger charge is -2.30. The van der Waals surface area contributed by atoms with Gasteiger partial charge in [0, 0.05) is 37.3 Å². The number of nitrogens with one attached hydrogen (secondary N) is 2. The van der Waals surface area contributed by atoms with E-state index in [2.05, 4.69) is 78.5 Å². The number of likely N-dealkylation sites (tertiary alicyclic amines) is 2. The van der Waals surface area contributed by atoms with Gasteiger partial charge in [-0.25, -0.2) is 0 Å². The van der Waals surface area contributed by atoms with Crippen LogP contribution in [0.4, 0.5) is 0 Å². The molecule has 2 N–H and O–H groups in total. The zero-order chi connectivity index (χ0) is 20.0. The van der Waals surface area contributed by atoms with Gasteiger partial charge in [0.1, 0.15) is 0 Å². The van der Waals surface area contributed by atoms with Gasteiger partial charge in [0.25, 0.3) is 0 Å². The zero-order valence-electron chi connectivity index (χ0n) is 18.2. The first-order chi connectivity index (χ1) is 13.5.